The van der Waals surface area contributed by atoms with Crippen molar-refractivity contribution in [3.8, 4) is 11.8 Å². The Balaban J connectivity index is 1.95. The van der Waals surface area contributed by atoms with Crippen LogP contribution in [0.2, 0.25) is 0 Å². The van der Waals surface area contributed by atoms with E-state index in [4.69, 9.17) is 14.7 Å². The van der Waals surface area contributed by atoms with Gasteiger partial charge in [0, 0.05) is 12.0 Å². The van der Waals surface area contributed by atoms with E-state index in [0.29, 0.717) is 12.2 Å². The maximum absolute atomic E-state index is 12.2. The first-order chi connectivity index (χ1) is 8.25. The summed E-state index contributed by atoms with van der Waals surface area (Å²) in [5.74, 6) is 0.707. The average molecular weight is 229 g/mol. The van der Waals surface area contributed by atoms with Crippen molar-refractivity contribution in [1.82, 2.24) is 0 Å². The zero-order valence-electron chi connectivity index (χ0n) is 9.23. The molecule has 3 rings (SSSR count). The molecular formula is C13H11NO3. The summed E-state index contributed by atoms with van der Waals surface area (Å²) in [5, 5.41) is 9.09. The quantitative estimate of drug-likeness (QED) is 0.718. The Hall–Kier alpha value is -1.86. The van der Waals surface area contributed by atoms with Gasteiger partial charge in [-0.15, -0.1) is 0 Å². The van der Waals surface area contributed by atoms with Gasteiger partial charge >= 0.3 is 0 Å². The van der Waals surface area contributed by atoms with Crippen LogP contribution in [0.4, 0.5) is 0 Å². The lowest BCUT2D eigenvalue weighted by Crippen LogP contribution is -2.47. The highest BCUT2D eigenvalue weighted by atomic mass is 16.5. The van der Waals surface area contributed by atoms with Gasteiger partial charge < -0.3 is 9.47 Å². The fourth-order valence-electron chi connectivity index (χ4n) is 2.16. The highest BCUT2D eigenvalue weighted by Gasteiger charge is 2.46. The van der Waals surface area contributed by atoms with Gasteiger partial charge in [0.15, 0.2) is 11.2 Å². The molecule has 1 aromatic carbocycles. The van der Waals surface area contributed by atoms with E-state index in [0.717, 1.165) is 17.7 Å². The lowest BCUT2D eigenvalue weighted by atomic mass is 9.79. The number of benzene rings is 1. The molecule has 4 nitrogen and oxygen atoms in total. The number of hydrogen-bond donors (Lipinski definition) is 0. The SMILES string of the molecule is N#CC1(C(=O)c2ccc3c(c2)CCO3)COC1. The van der Waals surface area contributed by atoms with Crippen LogP contribution >= 0.6 is 0 Å². The molecule has 0 aliphatic carbocycles. The molecule has 0 saturated carbocycles. The molecule has 1 saturated heterocycles. The summed E-state index contributed by atoms with van der Waals surface area (Å²) in [7, 11) is 0. The molecule has 4 heteroatoms. The molecule has 17 heavy (non-hydrogen) atoms. The van der Waals surface area contributed by atoms with Gasteiger partial charge in [-0.2, -0.15) is 5.26 Å². The van der Waals surface area contributed by atoms with Crippen LogP contribution in [-0.2, 0) is 11.2 Å². The van der Waals surface area contributed by atoms with Crippen molar-refractivity contribution in [2.75, 3.05) is 19.8 Å². The minimum absolute atomic E-state index is 0.138. The molecule has 0 aromatic heterocycles. The van der Waals surface area contributed by atoms with Crippen LogP contribution in [0.15, 0.2) is 18.2 Å². The summed E-state index contributed by atoms with van der Waals surface area (Å²) in [6.45, 7) is 1.07. The molecule has 1 fully saturated rings. The number of Topliss-reactive ketones (excluding diaryl/α,β-unsaturated/α-hetero) is 1. The number of ether oxygens (including phenoxy) is 2. The zero-order chi connectivity index (χ0) is 11.9. The van der Waals surface area contributed by atoms with Crippen molar-refractivity contribution < 1.29 is 14.3 Å². The normalized spacial score (nSPS) is 19.7. The standard InChI is InChI=1S/C13H11NO3/c14-6-13(7-16-8-13)12(15)10-1-2-11-9(5-10)3-4-17-11/h1-2,5H,3-4,7-8H2. The number of nitrogens with zero attached hydrogens (tertiary/aromatic N) is 1. The minimum Gasteiger partial charge on any atom is -0.493 e. The topological polar surface area (TPSA) is 59.3 Å². The molecule has 0 unspecified atom stereocenters. The molecule has 0 atom stereocenters. The third-order valence-electron chi connectivity index (χ3n) is 3.30. The molecule has 0 bridgehead atoms. The van der Waals surface area contributed by atoms with Crippen LogP contribution in [0.1, 0.15) is 15.9 Å². The third kappa shape index (κ3) is 1.43. The van der Waals surface area contributed by atoms with Crippen LogP contribution in [0, 0.1) is 16.7 Å². The highest BCUT2D eigenvalue weighted by molar-refractivity contribution is 6.03. The Morgan fingerprint density at radius 2 is 2.24 bits per heavy atom. The van der Waals surface area contributed by atoms with Gasteiger partial charge in [-0.05, 0) is 23.8 Å². The fraction of sp³-hybridized carbons (Fsp3) is 0.385. The predicted octanol–water partition coefficient (Wildman–Crippen LogP) is 1.34. The van der Waals surface area contributed by atoms with Crippen LogP contribution < -0.4 is 4.74 Å². The molecule has 86 valence electrons. The van der Waals surface area contributed by atoms with Crippen molar-refractivity contribution in [1.29, 1.82) is 5.26 Å². The van der Waals surface area contributed by atoms with E-state index in [9.17, 15) is 4.79 Å². The summed E-state index contributed by atoms with van der Waals surface area (Å²) in [6.07, 6.45) is 0.826. The zero-order valence-corrected chi connectivity index (χ0v) is 9.23. The van der Waals surface area contributed by atoms with Crippen molar-refractivity contribution in [3.63, 3.8) is 0 Å². The van der Waals surface area contributed by atoms with Crippen LogP contribution in [0.25, 0.3) is 0 Å². The summed E-state index contributed by atoms with van der Waals surface area (Å²) in [6, 6.07) is 7.44. The number of ketones is 1. The second-order valence-corrected chi connectivity index (χ2v) is 4.44. The number of rotatable bonds is 2. The maximum atomic E-state index is 12.2. The Bertz CT molecular complexity index is 526. The number of hydrogen-bond acceptors (Lipinski definition) is 4. The number of nitriles is 1. The first-order valence-corrected chi connectivity index (χ1v) is 5.55. The Morgan fingerprint density at radius 1 is 1.41 bits per heavy atom. The number of carbonyl (C=O) groups excluding carboxylic acids is 1. The van der Waals surface area contributed by atoms with E-state index >= 15 is 0 Å². The van der Waals surface area contributed by atoms with Crippen LogP contribution in [0.3, 0.4) is 0 Å². The molecule has 2 aliphatic rings. The van der Waals surface area contributed by atoms with E-state index in [2.05, 4.69) is 6.07 Å². The minimum atomic E-state index is -0.965. The van der Waals surface area contributed by atoms with Crippen molar-refractivity contribution >= 4 is 5.78 Å². The van der Waals surface area contributed by atoms with Gasteiger partial charge in [-0.25, -0.2) is 0 Å². The van der Waals surface area contributed by atoms with E-state index in [-0.39, 0.29) is 19.0 Å². The predicted molar refractivity (Wildman–Crippen MR) is 58.8 cm³/mol. The highest BCUT2D eigenvalue weighted by Crippen LogP contribution is 2.33. The number of fused-ring (bicyclic) bond motifs is 1. The van der Waals surface area contributed by atoms with Crippen LogP contribution in [0.5, 0.6) is 5.75 Å². The molecule has 0 spiro atoms. The molecule has 1 aromatic rings. The van der Waals surface area contributed by atoms with Gasteiger partial charge in [-0.1, -0.05) is 0 Å². The van der Waals surface area contributed by atoms with Crippen molar-refractivity contribution in [2.24, 2.45) is 5.41 Å². The monoisotopic (exact) mass is 229 g/mol. The van der Waals surface area contributed by atoms with Crippen molar-refractivity contribution in [2.45, 2.75) is 6.42 Å². The first kappa shape index (κ1) is 10.3. The summed E-state index contributed by atoms with van der Waals surface area (Å²) >= 11 is 0. The van der Waals surface area contributed by atoms with Gasteiger partial charge in [0.1, 0.15) is 5.75 Å². The second-order valence-electron chi connectivity index (χ2n) is 4.44. The van der Waals surface area contributed by atoms with E-state index in [1.54, 1.807) is 12.1 Å². The maximum Gasteiger partial charge on any atom is 0.187 e. The summed E-state index contributed by atoms with van der Waals surface area (Å²) in [5.41, 5.74) is 0.663. The Kier molecular flexibility index (Phi) is 2.17. The smallest absolute Gasteiger partial charge is 0.187 e. The van der Waals surface area contributed by atoms with E-state index < -0.39 is 5.41 Å². The van der Waals surface area contributed by atoms with E-state index in [1.807, 2.05) is 6.07 Å². The number of carbonyl (C=O) groups is 1. The van der Waals surface area contributed by atoms with Gasteiger partial charge in [-0.3, -0.25) is 4.79 Å². The van der Waals surface area contributed by atoms with Crippen LogP contribution in [-0.4, -0.2) is 25.6 Å². The van der Waals surface area contributed by atoms with Gasteiger partial charge in [0.2, 0.25) is 0 Å². The largest absolute Gasteiger partial charge is 0.493 e. The Morgan fingerprint density at radius 3 is 2.88 bits per heavy atom. The Labute approximate surface area is 98.8 Å². The van der Waals surface area contributed by atoms with E-state index in [1.165, 1.54) is 0 Å². The molecule has 2 heterocycles. The molecule has 0 radical (unpaired) electrons. The summed E-state index contributed by atoms with van der Waals surface area (Å²) in [4.78, 5) is 12.2. The second kappa shape index (κ2) is 3.57. The van der Waals surface area contributed by atoms with Gasteiger partial charge in [0.25, 0.3) is 0 Å². The van der Waals surface area contributed by atoms with Gasteiger partial charge in [0.05, 0.1) is 25.9 Å². The van der Waals surface area contributed by atoms with Crippen molar-refractivity contribution in [3.05, 3.63) is 29.3 Å². The fourth-order valence-corrected chi connectivity index (χ4v) is 2.16. The average Bonchev–Trinajstić information content (AvgIpc) is 2.74. The summed E-state index contributed by atoms with van der Waals surface area (Å²) < 4.78 is 10.4. The molecule has 0 N–H and O–H groups in total. The molecule has 2 aliphatic heterocycles. The first-order valence-electron chi connectivity index (χ1n) is 5.55. The molecular weight excluding hydrogens is 218 g/mol. The molecule has 0 amide bonds. The lowest BCUT2D eigenvalue weighted by Gasteiger charge is -2.33. The lowest BCUT2D eigenvalue weighted by molar-refractivity contribution is -0.0566. The third-order valence-corrected chi connectivity index (χ3v) is 3.30.